The van der Waals surface area contributed by atoms with E-state index in [4.69, 9.17) is 0 Å². The summed E-state index contributed by atoms with van der Waals surface area (Å²) in [6.07, 6.45) is -4.06. The van der Waals surface area contributed by atoms with Crippen molar-refractivity contribution in [1.82, 2.24) is 5.32 Å². The Labute approximate surface area is 112 Å². The summed E-state index contributed by atoms with van der Waals surface area (Å²) < 4.78 is 39.8. The summed E-state index contributed by atoms with van der Waals surface area (Å²) in [7, 11) is 0. The number of alkyl halides is 3. The van der Waals surface area contributed by atoms with Crippen LogP contribution in [0.15, 0.2) is 24.3 Å². The van der Waals surface area contributed by atoms with Gasteiger partial charge in [0.25, 0.3) is 0 Å². The van der Waals surface area contributed by atoms with Gasteiger partial charge in [-0.2, -0.15) is 0 Å². The van der Waals surface area contributed by atoms with Crippen LogP contribution in [-0.2, 0) is 4.79 Å². The number of nitrogens with zero attached hydrogens (tertiary/aromatic N) is 1. The number of hydrogen-bond donors (Lipinski definition) is 1. The van der Waals surface area contributed by atoms with E-state index in [1.54, 1.807) is 0 Å². The molecule has 0 bridgehead atoms. The van der Waals surface area contributed by atoms with E-state index in [1.165, 1.54) is 12.1 Å². The summed E-state index contributed by atoms with van der Waals surface area (Å²) in [6.45, 7) is 0.385. The molecular weight excluding hydrogens is 277 g/mol. The second-order valence-electron chi connectivity index (χ2n) is 4.11. The van der Waals surface area contributed by atoms with E-state index in [0.29, 0.717) is 13.0 Å². The minimum Gasteiger partial charge on any atom is -0.406 e. The van der Waals surface area contributed by atoms with E-state index >= 15 is 0 Å². The van der Waals surface area contributed by atoms with Crippen LogP contribution in [0.3, 0.4) is 0 Å². The van der Waals surface area contributed by atoms with Crippen LogP contribution in [0.25, 0.3) is 0 Å². The van der Waals surface area contributed by atoms with Gasteiger partial charge in [0.15, 0.2) is 0 Å². The van der Waals surface area contributed by atoms with Gasteiger partial charge in [0.1, 0.15) is 5.75 Å². The molecule has 1 aromatic carbocycles. The number of carbonyl (C=O) groups is 2. The molecule has 0 saturated carbocycles. The number of rotatable bonds is 2. The van der Waals surface area contributed by atoms with Gasteiger partial charge in [0.2, 0.25) is 5.91 Å². The van der Waals surface area contributed by atoms with E-state index in [1.807, 2.05) is 0 Å². The smallest absolute Gasteiger partial charge is 0.406 e. The number of hydrogen-bond acceptors (Lipinski definition) is 3. The average Bonchev–Trinajstić information content (AvgIpc) is 2.50. The van der Waals surface area contributed by atoms with Gasteiger partial charge in [0.05, 0.1) is 5.69 Å². The number of amides is 3. The largest absolute Gasteiger partial charge is 0.573 e. The zero-order chi connectivity index (χ0) is 14.8. The Morgan fingerprint density at radius 1 is 1.15 bits per heavy atom. The topological polar surface area (TPSA) is 58.6 Å². The fourth-order valence-electron chi connectivity index (χ4n) is 1.80. The highest BCUT2D eigenvalue weighted by Crippen LogP contribution is 2.26. The lowest BCUT2D eigenvalue weighted by atomic mass is 10.2. The van der Waals surface area contributed by atoms with Crippen molar-refractivity contribution in [2.24, 2.45) is 0 Å². The maximum atomic E-state index is 12.0. The van der Waals surface area contributed by atoms with E-state index in [9.17, 15) is 22.8 Å². The Bertz CT molecular complexity index is 496. The molecule has 1 saturated heterocycles. The number of halogens is 3. The second-order valence-corrected chi connectivity index (χ2v) is 4.11. The quantitative estimate of drug-likeness (QED) is 0.909. The summed E-state index contributed by atoms with van der Waals surface area (Å²) >= 11 is 0. The van der Waals surface area contributed by atoms with Crippen LogP contribution in [0.5, 0.6) is 5.75 Å². The van der Waals surface area contributed by atoms with Crippen LogP contribution in [0.1, 0.15) is 12.8 Å². The van der Waals surface area contributed by atoms with E-state index < -0.39 is 24.1 Å². The molecule has 1 aromatic rings. The molecule has 0 atom stereocenters. The van der Waals surface area contributed by atoms with E-state index in [0.717, 1.165) is 17.0 Å². The van der Waals surface area contributed by atoms with Crippen LogP contribution in [0.2, 0.25) is 0 Å². The lowest BCUT2D eigenvalue weighted by molar-refractivity contribution is -0.274. The number of ether oxygens (including phenoxy) is 1. The fraction of sp³-hybridized carbons (Fsp3) is 0.333. The maximum absolute atomic E-state index is 12.0. The minimum absolute atomic E-state index is 0.194. The number of benzene rings is 1. The van der Waals surface area contributed by atoms with Crippen molar-refractivity contribution in [1.29, 1.82) is 0 Å². The van der Waals surface area contributed by atoms with Crippen molar-refractivity contribution < 1.29 is 27.5 Å². The van der Waals surface area contributed by atoms with Crippen LogP contribution < -0.4 is 15.0 Å². The molecule has 20 heavy (non-hydrogen) atoms. The third kappa shape index (κ3) is 3.40. The van der Waals surface area contributed by atoms with Gasteiger partial charge in [-0.3, -0.25) is 4.79 Å². The van der Waals surface area contributed by atoms with Gasteiger partial charge in [-0.05, 0) is 30.7 Å². The molecule has 1 aliphatic rings. The van der Waals surface area contributed by atoms with Crippen LogP contribution in [0.4, 0.5) is 23.7 Å². The summed E-state index contributed by atoms with van der Waals surface area (Å²) in [5.74, 6) is -0.812. The minimum atomic E-state index is -4.78. The first-order chi connectivity index (χ1) is 9.37. The van der Waals surface area contributed by atoms with E-state index in [-0.39, 0.29) is 12.1 Å². The predicted molar refractivity (Wildman–Crippen MR) is 63.2 cm³/mol. The normalized spacial score (nSPS) is 16.6. The molecule has 8 heteroatoms. The van der Waals surface area contributed by atoms with Crippen molar-refractivity contribution in [3.8, 4) is 5.75 Å². The van der Waals surface area contributed by atoms with Gasteiger partial charge >= 0.3 is 12.4 Å². The van der Waals surface area contributed by atoms with Crippen molar-refractivity contribution >= 4 is 17.6 Å². The molecule has 0 spiro atoms. The fourth-order valence-corrected chi connectivity index (χ4v) is 1.80. The van der Waals surface area contributed by atoms with Gasteiger partial charge in [-0.1, -0.05) is 0 Å². The molecule has 0 aliphatic carbocycles. The van der Waals surface area contributed by atoms with Crippen LogP contribution >= 0.6 is 0 Å². The third-order valence-electron chi connectivity index (χ3n) is 2.62. The van der Waals surface area contributed by atoms with Crippen LogP contribution in [-0.4, -0.2) is 24.8 Å². The summed E-state index contributed by atoms with van der Waals surface area (Å²) in [6, 6.07) is 3.97. The molecule has 1 fully saturated rings. The number of nitrogens with one attached hydrogen (secondary N) is 1. The molecular formula is C12H11F3N2O3. The Balaban J connectivity index is 2.20. The molecule has 3 amide bonds. The van der Waals surface area contributed by atoms with E-state index in [2.05, 4.69) is 10.1 Å². The first-order valence-electron chi connectivity index (χ1n) is 5.83. The van der Waals surface area contributed by atoms with Gasteiger partial charge in [-0.25, -0.2) is 9.69 Å². The standard InChI is InChI=1S/C12H11F3N2O3/c13-12(14,15)20-9-5-3-8(4-6-9)17-10(18)2-1-7-16-11(17)19/h3-6H,1-2,7H2,(H,16,19). The SMILES string of the molecule is O=C1CCCNC(=O)N1c1ccc(OC(F)(F)F)cc1. The van der Waals surface area contributed by atoms with Gasteiger partial charge < -0.3 is 10.1 Å². The summed E-state index contributed by atoms with van der Waals surface area (Å²) in [5, 5.41) is 2.53. The Hall–Kier alpha value is -2.25. The first-order valence-corrected chi connectivity index (χ1v) is 5.83. The zero-order valence-corrected chi connectivity index (χ0v) is 10.2. The molecule has 0 unspecified atom stereocenters. The summed E-state index contributed by atoms with van der Waals surface area (Å²) in [5.41, 5.74) is 0.198. The average molecular weight is 288 g/mol. The number of imide groups is 1. The number of carbonyl (C=O) groups excluding carboxylic acids is 2. The first kappa shape index (κ1) is 14.2. The number of anilines is 1. The predicted octanol–water partition coefficient (Wildman–Crippen LogP) is 2.42. The van der Waals surface area contributed by atoms with Crippen molar-refractivity contribution in [2.75, 3.05) is 11.4 Å². The lowest BCUT2D eigenvalue weighted by Crippen LogP contribution is -2.41. The molecule has 0 aromatic heterocycles. The summed E-state index contributed by atoms with van der Waals surface area (Å²) in [4.78, 5) is 24.4. The zero-order valence-electron chi connectivity index (χ0n) is 10.2. The molecule has 1 heterocycles. The third-order valence-corrected chi connectivity index (χ3v) is 2.62. The highest BCUT2D eigenvalue weighted by Gasteiger charge is 2.31. The Kier molecular flexibility index (Phi) is 3.82. The van der Waals surface area contributed by atoms with Gasteiger partial charge in [0, 0.05) is 13.0 Å². The molecule has 1 N–H and O–H groups in total. The van der Waals surface area contributed by atoms with Crippen molar-refractivity contribution in [2.45, 2.75) is 19.2 Å². The second kappa shape index (κ2) is 5.40. The van der Waals surface area contributed by atoms with Crippen LogP contribution in [0, 0.1) is 0 Å². The Morgan fingerprint density at radius 3 is 2.40 bits per heavy atom. The monoisotopic (exact) mass is 288 g/mol. The molecule has 108 valence electrons. The molecule has 5 nitrogen and oxygen atoms in total. The molecule has 2 rings (SSSR count). The Morgan fingerprint density at radius 2 is 1.80 bits per heavy atom. The molecule has 0 radical (unpaired) electrons. The van der Waals surface area contributed by atoms with Gasteiger partial charge in [-0.15, -0.1) is 13.2 Å². The lowest BCUT2D eigenvalue weighted by Gasteiger charge is -2.19. The highest BCUT2D eigenvalue weighted by molar-refractivity contribution is 6.14. The molecule has 1 aliphatic heterocycles. The van der Waals surface area contributed by atoms with Crippen molar-refractivity contribution in [3.63, 3.8) is 0 Å². The highest BCUT2D eigenvalue weighted by atomic mass is 19.4. The number of urea groups is 1. The maximum Gasteiger partial charge on any atom is 0.573 e. The van der Waals surface area contributed by atoms with Crippen molar-refractivity contribution in [3.05, 3.63) is 24.3 Å².